The van der Waals surface area contributed by atoms with Crippen molar-refractivity contribution < 1.29 is 31.1 Å². The van der Waals surface area contributed by atoms with Gasteiger partial charge in [-0.1, -0.05) is 30.3 Å². The van der Waals surface area contributed by atoms with E-state index in [1.54, 1.807) is 30.6 Å². The van der Waals surface area contributed by atoms with E-state index in [0.29, 0.717) is 11.3 Å². The molecule has 0 spiro atoms. The van der Waals surface area contributed by atoms with E-state index >= 15 is 0 Å². The fourth-order valence-corrected chi connectivity index (χ4v) is 2.67. The Morgan fingerprint density at radius 3 is 2.17 bits per heavy atom. The van der Waals surface area contributed by atoms with Gasteiger partial charge >= 0.3 is 28.3 Å². The SMILES string of the molecule is COc1cccc(C=NNC(N)=O)c1[OH2+].[Ni+2].c1cnc2c(c1)ccc1cccnc12. The van der Waals surface area contributed by atoms with Gasteiger partial charge in [0, 0.05) is 23.2 Å². The number of nitrogens with two attached hydrogens (primary N) is 1. The molecular weight excluding hydrogens is 429 g/mol. The number of carbonyl (C=O) groups is 1. The third-order valence-electron chi connectivity index (χ3n) is 4.00. The van der Waals surface area contributed by atoms with Gasteiger partial charge in [-0.25, -0.2) is 10.2 Å². The quantitative estimate of drug-likeness (QED) is 0.164. The summed E-state index contributed by atoms with van der Waals surface area (Å²) in [6.07, 6.45) is 4.93. The molecule has 2 aromatic heterocycles. The predicted octanol–water partition coefficient (Wildman–Crippen LogP) is 2.92. The standard InChI is InChI=1S/C12H8N2.C9H11N3O3.Ni/c1-3-9-5-6-10-4-2-8-14-12(10)11(9)13-7-1;1-15-7-4-2-3-6(8(7)13)5-11-12-9(10)14;/h1-8H;2-5,13H,1H3,(H3,10,12,14);/q;;+2/p+1. The number of fused-ring (bicyclic) bond motifs is 3. The van der Waals surface area contributed by atoms with Crippen LogP contribution in [0.2, 0.25) is 0 Å². The summed E-state index contributed by atoms with van der Waals surface area (Å²) in [5.74, 6) is 0.646. The second kappa shape index (κ2) is 10.7. The van der Waals surface area contributed by atoms with Crippen LogP contribution in [0.3, 0.4) is 0 Å². The molecule has 2 aromatic carbocycles. The minimum atomic E-state index is -0.749. The fourth-order valence-electron chi connectivity index (χ4n) is 2.67. The number of nitrogens with zero attached hydrogens (tertiary/aromatic N) is 3. The number of carbonyl (C=O) groups excluding carboxylic acids is 1. The van der Waals surface area contributed by atoms with Gasteiger partial charge in [0.25, 0.3) is 0 Å². The molecule has 0 atom stereocenters. The largest absolute Gasteiger partial charge is 2.00 e. The molecule has 9 heteroatoms. The number of hydrogen-bond acceptors (Lipinski definition) is 5. The molecule has 0 unspecified atom stereocenters. The number of amides is 2. The average Bonchev–Trinajstić information content (AvgIpc) is 2.75. The van der Waals surface area contributed by atoms with Crippen molar-refractivity contribution in [2.24, 2.45) is 10.8 Å². The Morgan fingerprint density at radius 1 is 1.03 bits per heavy atom. The first-order valence-corrected chi connectivity index (χ1v) is 8.65. The van der Waals surface area contributed by atoms with Crippen LogP contribution in [-0.2, 0) is 16.5 Å². The predicted molar refractivity (Wildman–Crippen MR) is 113 cm³/mol. The van der Waals surface area contributed by atoms with E-state index < -0.39 is 6.03 Å². The summed E-state index contributed by atoms with van der Waals surface area (Å²) in [5.41, 5.74) is 9.34. The van der Waals surface area contributed by atoms with Crippen molar-refractivity contribution in [1.29, 1.82) is 0 Å². The summed E-state index contributed by atoms with van der Waals surface area (Å²) in [7, 11) is 1.48. The summed E-state index contributed by atoms with van der Waals surface area (Å²) >= 11 is 0. The minimum absolute atomic E-state index is 0. The van der Waals surface area contributed by atoms with Gasteiger partial charge in [-0.2, -0.15) is 5.10 Å². The van der Waals surface area contributed by atoms with Crippen LogP contribution in [0.4, 0.5) is 4.79 Å². The van der Waals surface area contributed by atoms with Crippen LogP contribution >= 0.6 is 0 Å². The van der Waals surface area contributed by atoms with Crippen LogP contribution in [-0.4, -0.2) is 34.4 Å². The molecule has 30 heavy (non-hydrogen) atoms. The fraction of sp³-hybridized carbons (Fsp3) is 0.0476. The van der Waals surface area contributed by atoms with E-state index in [1.807, 2.05) is 17.6 Å². The van der Waals surface area contributed by atoms with Crippen LogP contribution in [0.25, 0.3) is 21.8 Å². The molecule has 2 heterocycles. The van der Waals surface area contributed by atoms with Gasteiger partial charge in [-0.05, 0) is 24.3 Å². The summed E-state index contributed by atoms with van der Waals surface area (Å²) in [4.78, 5) is 19.0. The van der Waals surface area contributed by atoms with Crippen LogP contribution in [0, 0.1) is 0 Å². The second-order valence-corrected chi connectivity index (χ2v) is 5.87. The number of nitrogens with one attached hydrogen (secondary N) is 1. The number of aromatic nitrogens is 2. The molecule has 154 valence electrons. The molecule has 4 aromatic rings. The maximum atomic E-state index is 10.3. The third-order valence-corrected chi connectivity index (χ3v) is 4.00. The van der Waals surface area contributed by atoms with Crippen molar-refractivity contribution in [2.45, 2.75) is 0 Å². The van der Waals surface area contributed by atoms with Gasteiger partial charge in [0.2, 0.25) is 5.75 Å². The first-order valence-electron chi connectivity index (χ1n) is 8.65. The van der Waals surface area contributed by atoms with Gasteiger partial charge in [-0.3, -0.25) is 9.97 Å². The first-order chi connectivity index (χ1) is 14.1. The van der Waals surface area contributed by atoms with Gasteiger partial charge in [0.05, 0.1) is 29.9 Å². The van der Waals surface area contributed by atoms with Crippen LogP contribution in [0.1, 0.15) is 5.56 Å². The molecule has 0 radical (unpaired) electrons. The maximum Gasteiger partial charge on any atom is 2.00 e. The summed E-state index contributed by atoms with van der Waals surface area (Å²) in [6, 6.07) is 16.5. The summed E-state index contributed by atoms with van der Waals surface area (Å²) in [5, 5.41) is 13.5. The molecule has 8 nitrogen and oxygen atoms in total. The van der Waals surface area contributed by atoms with Crippen molar-refractivity contribution in [3.8, 4) is 11.5 Å². The van der Waals surface area contributed by atoms with E-state index in [1.165, 1.54) is 13.3 Å². The van der Waals surface area contributed by atoms with Crippen molar-refractivity contribution >= 4 is 34.1 Å². The molecule has 0 aliphatic carbocycles. The van der Waals surface area contributed by atoms with Gasteiger partial charge < -0.3 is 15.6 Å². The minimum Gasteiger partial charge on any atom is -0.590 e. The molecule has 0 saturated heterocycles. The van der Waals surface area contributed by atoms with Gasteiger partial charge in [0.15, 0.2) is 0 Å². The number of hydrogen-bond donors (Lipinski definition) is 2. The zero-order chi connectivity index (χ0) is 20.6. The van der Waals surface area contributed by atoms with Crippen molar-refractivity contribution in [1.82, 2.24) is 15.4 Å². The molecule has 0 aliphatic heterocycles. The Labute approximate surface area is 182 Å². The monoisotopic (exact) mass is 448 g/mol. The van der Waals surface area contributed by atoms with Gasteiger partial charge in [-0.15, -0.1) is 0 Å². The zero-order valence-electron chi connectivity index (χ0n) is 16.0. The Hall–Kier alpha value is -3.71. The van der Waals surface area contributed by atoms with E-state index in [2.05, 4.69) is 39.3 Å². The van der Waals surface area contributed by atoms with E-state index in [0.717, 1.165) is 21.8 Å². The summed E-state index contributed by atoms with van der Waals surface area (Å²) in [6.45, 7) is 0. The van der Waals surface area contributed by atoms with Gasteiger partial charge in [0.1, 0.15) is 0 Å². The Balaban J connectivity index is 0.000000207. The number of pyridine rings is 2. The normalized spacial score (nSPS) is 10.2. The Kier molecular flexibility index (Phi) is 8.08. The molecule has 0 fully saturated rings. The number of ether oxygens (including phenoxy) is 1. The number of para-hydroxylation sites is 1. The molecular formula is C21H20N5NiO3+3. The molecule has 0 bridgehead atoms. The number of hydrazone groups is 1. The topological polar surface area (TPSA) is 125 Å². The van der Waals surface area contributed by atoms with Crippen LogP contribution in [0.5, 0.6) is 11.5 Å². The molecule has 4 rings (SSSR count). The number of methoxy groups -OCH3 is 1. The van der Waals surface area contributed by atoms with E-state index in [-0.39, 0.29) is 22.2 Å². The Morgan fingerprint density at radius 2 is 1.63 bits per heavy atom. The second-order valence-electron chi connectivity index (χ2n) is 5.87. The molecule has 5 N–H and O–H groups in total. The smallest absolute Gasteiger partial charge is 0.590 e. The molecule has 2 amide bonds. The zero-order valence-corrected chi connectivity index (χ0v) is 17.0. The van der Waals surface area contributed by atoms with E-state index in [9.17, 15) is 4.79 Å². The van der Waals surface area contributed by atoms with Crippen molar-refractivity contribution in [2.75, 3.05) is 7.11 Å². The maximum absolute atomic E-state index is 10.3. The average molecular weight is 449 g/mol. The number of primary amides is 1. The van der Waals surface area contributed by atoms with Crippen molar-refractivity contribution in [3.05, 3.63) is 72.6 Å². The van der Waals surface area contributed by atoms with E-state index in [4.69, 9.17) is 15.6 Å². The molecule has 0 saturated carbocycles. The van der Waals surface area contributed by atoms with Crippen LogP contribution < -0.4 is 15.9 Å². The van der Waals surface area contributed by atoms with Crippen LogP contribution in [0.15, 0.2) is 72.1 Å². The van der Waals surface area contributed by atoms with Crippen molar-refractivity contribution in [3.63, 3.8) is 0 Å². The Bertz CT molecular complexity index is 1130. The first kappa shape index (κ1) is 22.6. The summed E-state index contributed by atoms with van der Waals surface area (Å²) < 4.78 is 4.95. The number of benzene rings is 2. The number of urea groups is 1. The third kappa shape index (κ3) is 5.42. The number of rotatable bonds is 3. The molecule has 0 aliphatic rings.